The molecule has 0 spiro atoms. The molecule has 23 heavy (non-hydrogen) atoms. The molecule has 3 heteroatoms. The highest BCUT2D eigenvalue weighted by Gasteiger charge is 2.18. The van der Waals surface area contributed by atoms with E-state index in [9.17, 15) is 0 Å². The first kappa shape index (κ1) is 20.8. The van der Waals surface area contributed by atoms with E-state index >= 15 is 0 Å². The zero-order chi connectivity index (χ0) is 16.9. The van der Waals surface area contributed by atoms with Crippen molar-refractivity contribution in [1.29, 1.82) is 0 Å². The Morgan fingerprint density at radius 2 is 1.83 bits per heavy atom. The van der Waals surface area contributed by atoms with Gasteiger partial charge in [-0.2, -0.15) is 11.8 Å². The molecule has 1 saturated carbocycles. The van der Waals surface area contributed by atoms with Gasteiger partial charge < -0.3 is 11.5 Å². The highest BCUT2D eigenvalue weighted by molar-refractivity contribution is 8.00. The van der Waals surface area contributed by atoms with E-state index in [-0.39, 0.29) is 0 Å². The number of hydrogen-bond acceptors (Lipinski definition) is 3. The van der Waals surface area contributed by atoms with Crippen LogP contribution >= 0.6 is 11.8 Å². The molecule has 0 saturated heterocycles. The van der Waals surface area contributed by atoms with E-state index in [4.69, 9.17) is 11.5 Å². The maximum atomic E-state index is 5.98. The normalized spacial score (nSPS) is 22.7. The monoisotopic (exact) mass is 338 g/mol. The number of thioether (sulfide) groups is 1. The Hall–Kier alpha value is -0.250. The third-order valence-electron chi connectivity index (χ3n) is 4.98. The Kier molecular flexibility index (Phi) is 11.8. The lowest BCUT2D eigenvalue weighted by atomic mass is 9.83. The minimum Gasteiger partial charge on any atom is -0.330 e. The highest BCUT2D eigenvalue weighted by Crippen LogP contribution is 2.30. The topological polar surface area (TPSA) is 52.0 Å². The summed E-state index contributed by atoms with van der Waals surface area (Å²) in [5.41, 5.74) is 12.9. The Morgan fingerprint density at radius 3 is 2.48 bits per heavy atom. The Labute approximate surface area is 148 Å². The second kappa shape index (κ2) is 13.1. The Balaban J connectivity index is 2.09. The predicted molar refractivity (Wildman–Crippen MR) is 107 cm³/mol. The van der Waals surface area contributed by atoms with Crippen LogP contribution < -0.4 is 11.5 Å². The van der Waals surface area contributed by atoms with Crippen molar-refractivity contribution in [3.05, 3.63) is 24.8 Å². The molecule has 134 valence electrons. The molecule has 2 nitrogen and oxygen atoms in total. The van der Waals surface area contributed by atoms with Gasteiger partial charge in [0, 0.05) is 11.3 Å². The molecule has 0 bridgehead atoms. The van der Waals surface area contributed by atoms with E-state index in [1.165, 1.54) is 75.5 Å². The van der Waals surface area contributed by atoms with Crippen LogP contribution in [0.25, 0.3) is 0 Å². The van der Waals surface area contributed by atoms with Crippen LogP contribution in [-0.4, -0.2) is 23.6 Å². The van der Waals surface area contributed by atoms with Crippen LogP contribution in [0.5, 0.6) is 0 Å². The smallest absolute Gasteiger partial charge is 0.0261 e. The maximum Gasteiger partial charge on any atom is 0.0261 e. The fourth-order valence-corrected chi connectivity index (χ4v) is 4.48. The van der Waals surface area contributed by atoms with Gasteiger partial charge in [0.1, 0.15) is 0 Å². The fraction of sp³-hybridized carbons (Fsp3) is 0.800. The van der Waals surface area contributed by atoms with E-state index in [1.54, 1.807) is 0 Å². The second-order valence-corrected chi connectivity index (χ2v) is 8.47. The minimum absolute atomic E-state index is 0.459. The molecule has 0 heterocycles. The standard InChI is InChI=1S/C20H38N2S/c1-3-20(23-15-7-5-4-6-14-21)16-17(2)8-9-18-10-12-19(22)13-11-18/h3,18-20H,1-2,4-16,21-22H2. The summed E-state index contributed by atoms with van der Waals surface area (Å²) in [6.07, 6.45) is 15.8. The van der Waals surface area contributed by atoms with Gasteiger partial charge in [0.25, 0.3) is 0 Å². The molecule has 0 aromatic rings. The number of allylic oxidation sites excluding steroid dienone is 1. The summed E-state index contributed by atoms with van der Waals surface area (Å²) < 4.78 is 0. The molecule has 0 aliphatic heterocycles. The highest BCUT2D eigenvalue weighted by atomic mass is 32.2. The van der Waals surface area contributed by atoms with Gasteiger partial charge in [-0.05, 0) is 76.0 Å². The average molecular weight is 339 g/mol. The van der Waals surface area contributed by atoms with Crippen molar-refractivity contribution in [1.82, 2.24) is 0 Å². The lowest BCUT2D eigenvalue weighted by Crippen LogP contribution is -2.26. The van der Waals surface area contributed by atoms with Gasteiger partial charge in [-0.3, -0.25) is 0 Å². The van der Waals surface area contributed by atoms with Crippen LogP contribution in [0.1, 0.15) is 70.6 Å². The molecule has 0 radical (unpaired) electrons. The third kappa shape index (κ3) is 10.3. The maximum absolute atomic E-state index is 5.98. The van der Waals surface area contributed by atoms with Crippen molar-refractivity contribution >= 4 is 11.8 Å². The van der Waals surface area contributed by atoms with Crippen molar-refractivity contribution in [3.63, 3.8) is 0 Å². The zero-order valence-electron chi connectivity index (χ0n) is 15.0. The molecule has 1 atom stereocenters. The van der Waals surface area contributed by atoms with Crippen LogP contribution in [0.15, 0.2) is 24.8 Å². The summed E-state index contributed by atoms with van der Waals surface area (Å²) >= 11 is 2.04. The van der Waals surface area contributed by atoms with Crippen LogP contribution in [0.4, 0.5) is 0 Å². The molecule has 0 amide bonds. The lowest BCUT2D eigenvalue weighted by molar-refractivity contribution is 0.310. The summed E-state index contributed by atoms with van der Waals surface area (Å²) in [4.78, 5) is 0. The van der Waals surface area contributed by atoms with Crippen LogP contribution in [-0.2, 0) is 0 Å². The molecular formula is C20H38N2S. The molecular weight excluding hydrogens is 300 g/mol. The van der Waals surface area contributed by atoms with Crippen molar-refractivity contribution < 1.29 is 0 Å². The SMILES string of the molecule is C=CC(CC(=C)CCC1CCC(N)CC1)SCCCCCCN. The van der Waals surface area contributed by atoms with Gasteiger partial charge >= 0.3 is 0 Å². The summed E-state index contributed by atoms with van der Waals surface area (Å²) in [6.45, 7) is 9.15. The van der Waals surface area contributed by atoms with E-state index in [0.29, 0.717) is 11.3 Å². The molecule has 1 rings (SSSR count). The minimum atomic E-state index is 0.459. The van der Waals surface area contributed by atoms with Crippen LogP contribution in [0, 0.1) is 5.92 Å². The lowest BCUT2D eigenvalue weighted by Gasteiger charge is -2.26. The summed E-state index contributed by atoms with van der Waals surface area (Å²) in [6, 6.07) is 0.459. The van der Waals surface area contributed by atoms with Crippen molar-refractivity contribution in [2.45, 2.75) is 81.9 Å². The van der Waals surface area contributed by atoms with Gasteiger partial charge in [-0.15, -0.1) is 6.58 Å². The third-order valence-corrected chi connectivity index (χ3v) is 6.29. The number of hydrogen-bond donors (Lipinski definition) is 2. The largest absolute Gasteiger partial charge is 0.330 e. The second-order valence-electron chi connectivity index (χ2n) is 7.12. The van der Waals surface area contributed by atoms with Gasteiger partial charge in [0.2, 0.25) is 0 Å². The molecule has 1 aliphatic carbocycles. The molecule has 0 aromatic heterocycles. The van der Waals surface area contributed by atoms with Crippen LogP contribution in [0.2, 0.25) is 0 Å². The van der Waals surface area contributed by atoms with Crippen molar-refractivity contribution in [3.8, 4) is 0 Å². The number of nitrogens with two attached hydrogens (primary N) is 2. The van der Waals surface area contributed by atoms with E-state index < -0.39 is 0 Å². The van der Waals surface area contributed by atoms with Gasteiger partial charge in [0.15, 0.2) is 0 Å². The quantitative estimate of drug-likeness (QED) is 0.365. The van der Waals surface area contributed by atoms with Crippen molar-refractivity contribution in [2.24, 2.45) is 17.4 Å². The van der Waals surface area contributed by atoms with E-state index in [1.807, 2.05) is 11.8 Å². The average Bonchev–Trinajstić information content (AvgIpc) is 2.56. The van der Waals surface area contributed by atoms with Crippen molar-refractivity contribution in [2.75, 3.05) is 12.3 Å². The Bertz CT molecular complexity index is 322. The number of unbranched alkanes of at least 4 members (excludes halogenated alkanes) is 3. The first-order chi connectivity index (χ1) is 11.2. The molecule has 1 aliphatic rings. The van der Waals surface area contributed by atoms with Crippen LogP contribution in [0.3, 0.4) is 0 Å². The predicted octanol–water partition coefficient (Wildman–Crippen LogP) is 5.04. The zero-order valence-corrected chi connectivity index (χ0v) is 15.8. The molecule has 1 unspecified atom stereocenters. The molecule has 4 N–H and O–H groups in total. The number of rotatable bonds is 13. The summed E-state index contributed by atoms with van der Waals surface area (Å²) in [5, 5.41) is 0.539. The van der Waals surface area contributed by atoms with Gasteiger partial charge in [0.05, 0.1) is 0 Å². The molecule has 1 fully saturated rings. The van der Waals surface area contributed by atoms with Gasteiger partial charge in [-0.1, -0.05) is 31.1 Å². The summed E-state index contributed by atoms with van der Waals surface area (Å²) in [7, 11) is 0. The Morgan fingerprint density at radius 1 is 1.13 bits per heavy atom. The first-order valence-corrected chi connectivity index (χ1v) is 10.6. The first-order valence-electron chi connectivity index (χ1n) is 9.52. The fourth-order valence-electron chi connectivity index (χ4n) is 3.32. The molecule has 0 aromatic carbocycles. The van der Waals surface area contributed by atoms with Gasteiger partial charge in [-0.25, -0.2) is 0 Å². The van der Waals surface area contributed by atoms with E-state index in [2.05, 4.69) is 19.2 Å². The summed E-state index contributed by atoms with van der Waals surface area (Å²) in [5.74, 6) is 2.11. The van der Waals surface area contributed by atoms with E-state index in [0.717, 1.165) is 18.9 Å².